The van der Waals surface area contributed by atoms with Crippen LogP contribution in [0.4, 0.5) is 0 Å². The number of hydrogen-bond acceptors (Lipinski definition) is 2. The first kappa shape index (κ1) is 16.5. The normalized spacial score (nSPS) is 13.3. The molecule has 4 heteroatoms. The van der Waals surface area contributed by atoms with E-state index < -0.39 is 0 Å². The molecule has 0 saturated carbocycles. The highest BCUT2D eigenvalue weighted by Gasteiger charge is 2.26. The SMILES string of the molecule is CC(C)C(=O)NC(c1nc2ccccc2n1C(C)C)C(C)C. The first-order chi connectivity index (χ1) is 10.3. The predicted molar refractivity (Wildman–Crippen MR) is 90.7 cm³/mol. The van der Waals surface area contributed by atoms with Crippen molar-refractivity contribution in [2.24, 2.45) is 11.8 Å². The summed E-state index contributed by atoms with van der Waals surface area (Å²) in [6, 6.07) is 8.36. The average Bonchev–Trinajstić information content (AvgIpc) is 2.82. The fourth-order valence-corrected chi connectivity index (χ4v) is 2.67. The Morgan fingerprint density at radius 3 is 2.27 bits per heavy atom. The van der Waals surface area contributed by atoms with Crippen LogP contribution >= 0.6 is 0 Å². The lowest BCUT2D eigenvalue weighted by atomic mass is 10.0. The maximum atomic E-state index is 12.2. The highest BCUT2D eigenvalue weighted by atomic mass is 16.1. The summed E-state index contributed by atoms with van der Waals surface area (Å²) >= 11 is 0. The number of benzene rings is 1. The molecule has 1 aromatic heterocycles. The molecular weight excluding hydrogens is 274 g/mol. The Kier molecular flexibility index (Phi) is 4.89. The number of carbonyl (C=O) groups excluding carboxylic acids is 1. The van der Waals surface area contributed by atoms with Crippen LogP contribution in [0, 0.1) is 11.8 Å². The van der Waals surface area contributed by atoms with Crippen molar-refractivity contribution in [1.82, 2.24) is 14.9 Å². The van der Waals surface area contributed by atoms with Gasteiger partial charge >= 0.3 is 0 Å². The van der Waals surface area contributed by atoms with Crippen LogP contribution in [0.2, 0.25) is 0 Å². The van der Waals surface area contributed by atoms with Gasteiger partial charge in [-0.1, -0.05) is 39.8 Å². The lowest BCUT2D eigenvalue weighted by Gasteiger charge is -2.25. The monoisotopic (exact) mass is 301 g/mol. The summed E-state index contributed by atoms with van der Waals surface area (Å²) in [5, 5.41) is 3.17. The van der Waals surface area contributed by atoms with Gasteiger partial charge in [0.15, 0.2) is 0 Å². The van der Waals surface area contributed by atoms with Gasteiger partial charge in [-0.25, -0.2) is 4.98 Å². The van der Waals surface area contributed by atoms with Gasteiger partial charge in [0.1, 0.15) is 5.82 Å². The van der Waals surface area contributed by atoms with Crippen molar-refractivity contribution in [2.45, 2.75) is 53.6 Å². The Balaban J connectivity index is 2.53. The smallest absolute Gasteiger partial charge is 0.223 e. The molecule has 1 N–H and O–H groups in total. The summed E-state index contributed by atoms with van der Waals surface area (Å²) in [5.74, 6) is 1.26. The van der Waals surface area contributed by atoms with E-state index in [0.717, 1.165) is 16.9 Å². The number of carbonyl (C=O) groups is 1. The van der Waals surface area contributed by atoms with Gasteiger partial charge in [-0.3, -0.25) is 4.79 Å². The summed E-state index contributed by atoms with van der Waals surface area (Å²) in [7, 11) is 0. The first-order valence-electron chi connectivity index (χ1n) is 8.10. The van der Waals surface area contributed by atoms with Crippen molar-refractivity contribution < 1.29 is 4.79 Å². The minimum atomic E-state index is -0.0790. The van der Waals surface area contributed by atoms with E-state index in [9.17, 15) is 4.79 Å². The van der Waals surface area contributed by atoms with Gasteiger partial charge in [0, 0.05) is 12.0 Å². The van der Waals surface area contributed by atoms with Crippen LogP contribution in [-0.2, 0) is 4.79 Å². The number of fused-ring (bicyclic) bond motifs is 1. The quantitative estimate of drug-likeness (QED) is 0.904. The molecule has 22 heavy (non-hydrogen) atoms. The molecule has 0 aliphatic carbocycles. The Hall–Kier alpha value is -1.84. The molecule has 2 aromatic rings. The number of para-hydroxylation sites is 2. The van der Waals surface area contributed by atoms with Crippen molar-refractivity contribution >= 4 is 16.9 Å². The molecule has 1 aromatic carbocycles. The number of nitrogens with one attached hydrogen (secondary N) is 1. The molecule has 0 radical (unpaired) electrons. The van der Waals surface area contributed by atoms with Crippen LogP contribution in [0.25, 0.3) is 11.0 Å². The molecule has 120 valence electrons. The van der Waals surface area contributed by atoms with E-state index >= 15 is 0 Å². The zero-order valence-corrected chi connectivity index (χ0v) is 14.4. The van der Waals surface area contributed by atoms with E-state index in [-0.39, 0.29) is 23.8 Å². The van der Waals surface area contributed by atoms with E-state index in [0.29, 0.717) is 6.04 Å². The van der Waals surface area contributed by atoms with E-state index in [2.05, 4.69) is 43.6 Å². The second-order valence-corrected chi connectivity index (χ2v) is 6.81. The highest BCUT2D eigenvalue weighted by molar-refractivity contribution is 5.79. The van der Waals surface area contributed by atoms with Crippen LogP contribution < -0.4 is 5.32 Å². The number of hydrogen-bond donors (Lipinski definition) is 1. The summed E-state index contributed by atoms with van der Waals surface area (Å²) in [6.45, 7) is 12.4. The standard InChI is InChI=1S/C18H27N3O/c1-11(2)16(20-18(22)12(3)4)17-19-14-9-7-8-10-15(14)21(17)13(5)6/h7-13,16H,1-6H3,(H,20,22). The molecule has 0 bridgehead atoms. The van der Waals surface area contributed by atoms with Gasteiger partial charge in [-0.2, -0.15) is 0 Å². The lowest BCUT2D eigenvalue weighted by molar-refractivity contribution is -0.125. The third-order valence-electron chi connectivity index (χ3n) is 3.91. The van der Waals surface area contributed by atoms with Crippen molar-refractivity contribution in [3.05, 3.63) is 30.1 Å². The maximum Gasteiger partial charge on any atom is 0.223 e. The Labute approximate surface area is 132 Å². The van der Waals surface area contributed by atoms with Gasteiger partial charge in [0.25, 0.3) is 0 Å². The molecule has 0 aliphatic rings. The third-order valence-corrected chi connectivity index (χ3v) is 3.91. The van der Waals surface area contributed by atoms with E-state index in [4.69, 9.17) is 4.98 Å². The zero-order chi connectivity index (χ0) is 16.4. The second-order valence-electron chi connectivity index (χ2n) is 6.81. The number of amides is 1. The third kappa shape index (κ3) is 3.16. The van der Waals surface area contributed by atoms with Crippen LogP contribution in [0.1, 0.15) is 59.5 Å². The van der Waals surface area contributed by atoms with Gasteiger partial charge in [-0.05, 0) is 31.9 Å². The van der Waals surface area contributed by atoms with Gasteiger partial charge in [0.2, 0.25) is 5.91 Å². The zero-order valence-electron chi connectivity index (χ0n) is 14.4. The number of imidazole rings is 1. The Morgan fingerprint density at radius 2 is 1.73 bits per heavy atom. The Bertz CT molecular complexity index is 655. The fraction of sp³-hybridized carbons (Fsp3) is 0.556. The van der Waals surface area contributed by atoms with Crippen molar-refractivity contribution in [1.29, 1.82) is 0 Å². The van der Waals surface area contributed by atoms with Crippen molar-refractivity contribution in [2.75, 3.05) is 0 Å². The van der Waals surface area contributed by atoms with Crippen LogP contribution in [-0.4, -0.2) is 15.5 Å². The van der Waals surface area contributed by atoms with Gasteiger partial charge < -0.3 is 9.88 Å². The first-order valence-corrected chi connectivity index (χ1v) is 8.10. The van der Waals surface area contributed by atoms with Gasteiger partial charge in [0.05, 0.1) is 17.1 Å². The number of aromatic nitrogens is 2. The maximum absolute atomic E-state index is 12.2. The minimum Gasteiger partial charge on any atom is -0.346 e. The summed E-state index contributed by atoms with van der Waals surface area (Å²) < 4.78 is 2.24. The molecule has 1 atom stereocenters. The number of nitrogens with zero attached hydrogens (tertiary/aromatic N) is 2. The van der Waals surface area contributed by atoms with Crippen molar-refractivity contribution in [3.63, 3.8) is 0 Å². The van der Waals surface area contributed by atoms with E-state index in [1.165, 1.54) is 0 Å². The molecule has 0 spiro atoms. The van der Waals surface area contributed by atoms with E-state index in [1.807, 2.05) is 32.0 Å². The lowest BCUT2D eigenvalue weighted by Crippen LogP contribution is -2.36. The molecule has 0 fully saturated rings. The molecule has 0 aliphatic heterocycles. The van der Waals surface area contributed by atoms with Crippen LogP contribution in [0.3, 0.4) is 0 Å². The molecular formula is C18H27N3O. The fourth-order valence-electron chi connectivity index (χ4n) is 2.67. The molecule has 1 amide bonds. The largest absolute Gasteiger partial charge is 0.346 e. The minimum absolute atomic E-state index is 0.0295. The van der Waals surface area contributed by atoms with Crippen molar-refractivity contribution in [3.8, 4) is 0 Å². The van der Waals surface area contributed by atoms with Crippen LogP contribution in [0.5, 0.6) is 0 Å². The summed E-state index contributed by atoms with van der Waals surface area (Å²) in [6.07, 6.45) is 0. The average molecular weight is 301 g/mol. The Morgan fingerprint density at radius 1 is 1.09 bits per heavy atom. The van der Waals surface area contributed by atoms with Gasteiger partial charge in [-0.15, -0.1) is 0 Å². The van der Waals surface area contributed by atoms with E-state index in [1.54, 1.807) is 0 Å². The molecule has 2 rings (SSSR count). The molecule has 1 unspecified atom stereocenters. The second kappa shape index (κ2) is 6.51. The molecule has 4 nitrogen and oxygen atoms in total. The topological polar surface area (TPSA) is 46.9 Å². The highest BCUT2D eigenvalue weighted by Crippen LogP contribution is 2.28. The summed E-state index contributed by atoms with van der Waals surface area (Å²) in [4.78, 5) is 17.0. The summed E-state index contributed by atoms with van der Waals surface area (Å²) in [5.41, 5.74) is 2.10. The molecule has 0 saturated heterocycles. The van der Waals surface area contributed by atoms with Crippen LogP contribution in [0.15, 0.2) is 24.3 Å². The molecule has 1 heterocycles. The number of rotatable bonds is 5. The predicted octanol–water partition coefficient (Wildman–Crippen LogP) is 4.09.